The Labute approximate surface area is 145 Å². The molecule has 1 fully saturated rings. The molecule has 1 saturated heterocycles. The highest BCUT2D eigenvalue weighted by molar-refractivity contribution is 5.94. The number of anilines is 2. The van der Waals surface area contributed by atoms with E-state index in [1.807, 2.05) is 0 Å². The van der Waals surface area contributed by atoms with Crippen molar-refractivity contribution in [2.24, 2.45) is 5.73 Å². The zero-order valence-electron chi connectivity index (χ0n) is 13.2. The minimum absolute atomic E-state index is 0.0106. The maximum atomic E-state index is 13.4. The van der Waals surface area contributed by atoms with E-state index in [0.29, 0.717) is 19.2 Å². The van der Waals surface area contributed by atoms with Gasteiger partial charge in [0.2, 0.25) is 11.9 Å². The summed E-state index contributed by atoms with van der Waals surface area (Å²) in [4.78, 5) is 31.9. The molecule has 11 heteroatoms. The first-order valence-corrected chi connectivity index (χ1v) is 7.38. The first kappa shape index (κ1) is 17.5. The van der Waals surface area contributed by atoms with Crippen LogP contribution in [-0.2, 0) is 6.18 Å². The fourth-order valence-electron chi connectivity index (χ4n) is 2.55. The molecule has 1 aromatic carbocycles. The van der Waals surface area contributed by atoms with Gasteiger partial charge in [0, 0.05) is 30.4 Å². The van der Waals surface area contributed by atoms with Gasteiger partial charge in [0.25, 0.3) is 0 Å². The largest absolute Gasteiger partial charge is 0.417 e. The molecule has 1 aliphatic rings. The number of alkyl halides is 3. The number of nitrogens with zero attached hydrogens (tertiary/aromatic N) is 3. The highest BCUT2D eigenvalue weighted by Crippen LogP contribution is 2.39. The smallest absolute Gasteiger partial charge is 0.383 e. The summed E-state index contributed by atoms with van der Waals surface area (Å²) in [5.74, 6) is -1.22. The monoisotopic (exact) mass is 366 g/mol. The molecule has 3 rings (SSSR count). The molecular weight excluding hydrogens is 353 g/mol. The zero-order chi connectivity index (χ0) is 19.1. The number of carbonyl (C=O) groups is 2. The molecule has 0 atom stereocenters. The van der Waals surface area contributed by atoms with Gasteiger partial charge in [-0.3, -0.25) is 9.69 Å². The van der Waals surface area contributed by atoms with Crippen LogP contribution < -0.4 is 21.7 Å². The summed E-state index contributed by atoms with van der Waals surface area (Å²) >= 11 is 0. The molecule has 0 bridgehead atoms. The first-order valence-electron chi connectivity index (χ1n) is 7.38. The maximum absolute atomic E-state index is 13.4. The van der Waals surface area contributed by atoms with Crippen molar-refractivity contribution in [2.75, 3.05) is 23.7 Å². The molecule has 8 nitrogen and oxygen atoms in total. The number of hydrogen-bond donors (Lipinski definition) is 3. The number of nitrogen functional groups attached to an aromatic ring is 1. The van der Waals surface area contributed by atoms with E-state index in [1.54, 1.807) is 0 Å². The van der Waals surface area contributed by atoms with Crippen molar-refractivity contribution < 1.29 is 22.8 Å². The van der Waals surface area contributed by atoms with Gasteiger partial charge in [-0.2, -0.15) is 18.2 Å². The normalized spacial score (nSPS) is 14.4. The Morgan fingerprint density at radius 2 is 2.00 bits per heavy atom. The number of rotatable bonds is 3. The summed E-state index contributed by atoms with van der Waals surface area (Å²) in [5, 5.41) is 2.55. The highest BCUT2D eigenvalue weighted by atomic mass is 19.4. The Hall–Kier alpha value is -3.37. The average Bonchev–Trinajstić information content (AvgIpc) is 2.99. The van der Waals surface area contributed by atoms with Gasteiger partial charge in [-0.1, -0.05) is 6.07 Å². The fraction of sp³-hybridized carbons (Fsp3) is 0.200. The third-order valence-corrected chi connectivity index (χ3v) is 3.80. The lowest BCUT2D eigenvalue weighted by Gasteiger charge is -2.17. The molecule has 136 valence electrons. The van der Waals surface area contributed by atoms with Crippen LogP contribution in [0.25, 0.3) is 11.1 Å². The molecule has 26 heavy (non-hydrogen) atoms. The van der Waals surface area contributed by atoms with Gasteiger partial charge < -0.3 is 16.8 Å². The highest BCUT2D eigenvalue weighted by Gasteiger charge is 2.35. The van der Waals surface area contributed by atoms with Crippen molar-refractivity contribution in [2.45, 2.75) is 6.18 Å². The van der Waals surface area contributed by atoms with Crippen molar-refractivity contribution in [3.8, 4) is 11.1 Å². The molecule has 0 aliphatic carbocycles. The first-order chi connectivity index (χ1) is 12.2. The van der Waals surface area contributed by atoms with Crippen molar-refractivity contribution in [3.05, 3.63) is 35.5 Å². The quantitative estimate of drug-likeness (QED) is 0.756. The number of halogens is 3. The van der Waals surface area contributed by atoms with E-state index in [0.717, 1.165) is 18.3 Å². The number of amides is 3. The number of hydrogen-bond acceptors (Lipinski definition) is 5. The van der Waals surface area contributed by atoms with E-state index in [9.17, 15) is 22.8 Å². The van der Waals surface area contributed by atoms with Gasteiger partial charge in [-0.05, 0) is 17.7 Å². The maximum Gasteiger partial charge on any atom is 0.417 e. The molecule has 2 heterocycles. The lowest BCUT2D eigenvalue weighted by Crippen LogP contribution is -2.29. The summed E-state index contributed by atoms with van der Waals surface area (Å²) < 4.78 is 40.2. The second-order valence-electron chi connectivity index (χ2n) is 5.47. The summed E-state index contributed by atoms with van der Waals surface area (Å²) in [6, 6.07) is 2.48. The lowest BCUT2D eigenvalue weighted by molar-refractivity contribution is -0.137. The predicted octanol–water partition coefficient (Wildman–Crippen LogP) is 1.37. The Morgan fingerprint density at radius 1 is 1.27 bits per heavy atom. The van der Waals surface area contributed by atoms with Crippen molar-refractivity contribution in [1.82, 2.24) is 15.3 Å². The molecule has 1 aliphatic heterocycles. The summed E-state index contributed by atoms with van der Waals surface area (Å²) in [7, 11) is 0. The standard InChI is InChI=1S/C15H13F3N6O2/c16-15(17,18)10-5-7(12(20)25)1-2-8(10)9-6-22-13(23-11(9)19)24-4-3-21-14(24)26/h1-2,5-6H,3-4H2,(H2,20,25)(H,21,26)(H2,19,22,23). The van der Waals surface area contributed by atoms with E-state index in [1.165, 1.54) is 4.90 Å². The summed E-state index contributed by atoms with van der Waals surface area (Å²) in [6.45, 7) is 0.718. The third kappa shape index (κ3) is 3.10. The van der Waals surface area contributed by atoms with Crippen LogP contribution in [0.15, 0.2) is 24.4 Å². The third-order valence-electron chi connectivity index (χ3n) is 3.80. The van der Waals surface area contributed by atoms with Crippen molar-refractivity contribution >= 4 is 23.7 Å². The lowest BCUT2D eigenvalue weighted by atomic mass is 9.98. The molecule has 3 amide bonds. The Kier molecular flexibility index (Phi) is 4.14. The number of nitrogens with one attached hydrogen (secondary N) is 1. The van der Waals surface area contributed by atoms with Crippen LogP contribution in [0, 0.1) is 0 Å². The zero-order valence-corrected chi connectivity index (χ0v) is 13.2. The number of primary amides is 1. The van der Waals surface area contributed by atoms with E-state index in [4.69, 9.17) is 11.5 Å². The summed E-state index contributed by atoms with van der Waals surface area (Å²) in [5.41, 5.74) is 9.12. The molecule has 2 aromatic rings. The van der Waals surface area contributed by atoms with Crippen molar-refractivity contribution in [3.63, 3.8) is 0 Å². The van der Waals surface area contributed by atoms with Gasteiger partial charge in [0.05, 0.1) is 5.56 Å². The van der Waals surface area contributed by atoms with E-state index in [2.05, 4.69) is 15.3 Å². The second-order valence-corrected chi connectivity index (χ2v) is 5.47. The van der Waals surface area contributed by atoms with E-state index >= 15 is 0 Å². The molecule has 1 aromatic heterocycles. The minimum atomic E-state index is -4.75. The molecule has 0 radical (unpaired) electrons. The van der Waals surface area contributed by atoms with Crippen LogP contribution in [0.3, 0.4) is 0 Å². The van der Waals surface area contributed by atoms with Crippen LogP contribution in [0.2, 0.25) is 0 Å². The molecule has 0 saturated carbocycles. The Bertz CT molecular complexity index is 899. The topological polar surface area (TPSA) is 127 Å². The van der Waals surface area contributed by atoms with Gasteiger partial charge in [-0.25, -0.2) is 9.78 Å². The molecule has 0 spiro atoms. The Balaban J connectivity index is 2.09. The molecule has 0 unspecified atom stereocenters. The van der Waals surface area contributed by atoms with Crippen molar-refractivity contribution in [1.29, 1.82) is 0 Å². The molecular formula is C15H13F3N6O2. The SMILES string of the molecule is NC(=O)c1ccc(-c2cnc(N3CCNC3=O)nc2N)c(C(F)(F)F)c1. The van der Waals surface area contributed by atoms with Crippen LogP contribution in [-0.4, -0.2) is 35.0 Å². The predicted molar refractivity (Wildman–Crippen MR) is 86.1 cm³/mol. The van der Waals surface area contributed by atoms with Gasteiger partial charge in [0.15, 0.2) is 0 Å². The Morgan fingerprint density at radius 3 is 2.54 bits per heavy atom. The number of nitrogens with two attached hydrogens (primary N) is 2. The van der Waals surface area contributed by atoms with Gasteiger partial charge in [0.1, 0.15) is 5.82 Å². The van der Waals surface area contributed by atoms with Gasteiger partial charge in [-0.15, -0.1) is 0 Å². The number of aromatic nitrogens is 2. The van der Waals surface area contributed by atoms with Gasteiger partial charge >= 0.3 is 12.2 Å². The fourth-order valence-corrected chi connectivity index (χ4v) is 2.55. The van der Waals surface area contributed by atoms with Crippen LogP contribution in [0.1, 0.15) is 15.9 Å². The van der Waals surface area contributed by atoms with E-state index < -0.39 is 23.7 Å². The number of benzene rings is 1. The second kappa shape index (κ2) is 6.17. The number of urea groups is 1. The van der Waals surface area contributed by atoms with Crippen LogP contribution in [0.5, 0.6) is 0 Å². The van der Waals surface area contributed by atoms with E-state index in [-0.39, 0.29) is 28.5 Å². The minimum Gasteiger partial charge on any atom is -0.383 e. The molecule has 5 N–H and O–H groups in total. The van der Waals surface area contributed by atoms with Crippen LogP contribution in [0.4, 0.5) is 29.7 Å². The van der Waals surface area contributed by atoms with Crippen LogP contribution >= 0.6 is 0 Å². The average molecular weight is 366 g/mol. The summed E-state index contributed by atoms with van der Waals surface area (Å²) in [6.07, 6.45) is -3.64. The number of carbonyl (C=O) groups excluding carboxylic acids is 2.